The number of aryl methyl sites for hydroxylation is 1. The number of methoxy groups -OCH3 is 1. The van der Waals surface area contributed by atoms with Gasteiger partial charge in [-0.25, -0.2) is 0 Å². The predicted octanol–water partition coefficient (Wildman–Crippen LogP) is 2.61. The second kappa shape index (κ2) is 7.48. The Labute approximate surface area is 169 Å². The maximum absolute atomic E-state index is 12.8. The van der Waals surface area contributed by atoms with E-state index in [0.717, 1.165) is 16.7 Å². The Bertz CT molecular complexity index is 1340. The topological polar surface area (TPSA) is 82.8 Å². The zero-order valence-corrected chi connectivity index (χ0v) is 16.8. The molecule has 2 aromatic carbocycles. The lowest BCUT2D eigenvalue weighted by Gasteiger charge is -2.08. The molecule has 0 bridgehead atoms. The molecule has 146 valence electrons. The molecule has 29 heavy (non-hydrogen) atoms. The summed E-state index contributed by atoms with van der Waals surface area (Å²) in [6.07, 6.45) is 1.73. The lowest BCUT2D eigenvalue weighted by molar-refractivity contribution is -0.132. The lowest BCUT2D eigenvalue weighted by atomic mass is 10.1. The third-order valence-electron chi connectivity index (χ3n) is 4.20. The van der Waals surface area contributed by atoms with Crippen LogP contribution in [0.1, 0.15) is 18.1 Å². The number of carbonyl (C=O) groups excluding carboxylic acids is 1. The van der Waals surface area contributed by atoms with Crippen molar-refractivity contribution in [1.82, 2.24) is 14.6 Å². The zero-order chi connectivity index (χ0) is 20.5. The summed E-state index contributed by atoms with van der Waals surface area (Å²) < 4.78 is 12.2. The number of fused-ring (bicyclic) bond motifs is 1. The van der Waals surface area contributed by atoms with Crippen molar-refractivity contribution in [3.05, 3.63) is 68.5 Å². The monoisotopic (exact) mass is 407 g/mol. The fourth-order valence-corrected chi connectivity index (χ4v) is 3.81. The molecule has 4 aromatic rings. The molecule has 0 amide bonds. The van der Waals surface area contributed by atoms with Crippen molar-refractivity contribution >= 4 is 28.3 Å². The lowest BCUT2D eigenvalue weighted by Crippen LogP contribution is -2.23. The van der Waals surface area contributed by atoms with Crippen molar-refractivity contribution in [3.8, 4) is 22.9 Å². The number of nitrogens with zero attached hydrogens (tertiary/aromatic N) is 3. The molecule has 2 heterocycles. The fraction of sp³-hybridized carbons (Fsp3) is 0.143. The van der Waals surface area contributed by atoms with Crippen LogP contribution >= 0.6 is 11.3 Å². The van der Waals surface area contributed by atoms with Gasteiger partial charge in [0, 0.05) is 12.5 Å². The highest BCUT2D eigenvalue weighted by molar-refractivity contribution is 7.15. The van der Waals surface area contributed by atoms with Crippen LogP contribution in [0.25, 0.3) is 22.4 Å². The molecule has 0 spiro atoms. The van der Waals surface area contributed by atoms with E-state index in [1.807, 2.05) is 31.2 Å². The molecule has 0 saturated heterocycles. The average molecular weight is 407 g/mol. The van der Waals surface area contributed by atoms with Gasteiger partial charge in [-0.15, -0.1) is 5.10 Å². The summed E-state index contributed by atoms with van der Waals surface area (Å²) in [6, 6.07) is 12.9. The number of benzene rings is 2. The molecule has 0 saturated carbocycles. The number of hydrogen-bond acceptors (Lipinski definition) is 7. The van der Waals surface area contributed by atoms with Crippen LogP contribution in [0.15, 0.2) is 47.3 Å². The van der Waals surface area contributed by atoms with Crippen LogP contribution in [0.2, 0.25) is 0 Å². The van der Waals surface area contributed by atoms with E-state index in [-0.39, 0.29) is 5.56 Å². The van der Waals surface area contributed by atoms with Crippen molar-refractivity contribution < 1.29 is 14.3 Å². The van der Waals surface area contributed by atoms with Gasteiger partial charge in [0.25, 0.3) is 5.56 Å². The van der Waals surface area contributed by atoms with E-state index in [0.29, 0.717) is 26.8 Å². The number of rotatable bonds is 4. The second-order valence-corrected chi connectivity index (χ2v) is 7.43. The van der Waals surface area contributed by atoms with Crippen molar-refractivity contribution in [2.24, 2.45) is 0 Å². The Hall–Kier alpha value is -3.52. The Morgan fingerprint density at radius 2 is 2.00 bits per heavy atom. The van der Waals surface area contributed by atoms with Gasteiger partial charge in [0.05, 0.1) is 11.6 Å². The van der Waals surface area contributed by atoms with Crippen LogP contribution in [0.3, 0.4) is 0 Å². The van der Waals surface area contributed by atoms with Crippen LogP contribution in [-0.4, -0.2) is 27.7 Å². The number of ether oxygens (including phenoxy) is 2. The first-order valence-corrected chi connectivity index (χ1v) is 9.61. The summed E-state index contributed by atoms with van der Waals surface area (Å²) in [5.41, 5.74) is 2.47. The fourth-order valence-electron chi connectivity index (χ4n) is 2.90. The number of aromatic nitrogens is 3. The summed E-state index contributed by atoms with van der Waals surface area (Å²) in [6.45, 7) is 3.32. The van der Waals surface area contributed by atoms with Crippen LogP contribution in [0.4, 0.5) is 0 Å². The molecule has 0 aliphatic heterocycles. The van der Waals surface area contributed by atoms with Crippen molar-refractivity contribution in [2.75, 3.05) is 7.11 Å². The summed E-state index contributed by atoms with van der Waals surface area (Å²) in [4.78, 5) is 29.0. The summed E-state index contributed by atoms with van der Waals surface area (Å²) >= 11 is 1.26. The molecule has 0 fully saturated rings. The van der Waals surface area contributed by atoms with Crippen LogP contribution in [0, 0.1) is 6.92 Å². The van der Waals surface area contributed by atoms with Crippen molar-refractivity contribution in [1.29, 1.82) is 0 Å². The average Bonchev–Trinajstić information content (AvgIpc) is 3.22. The van der Waals surface area contributed by atoms with E-state index >= 15 is 0 Å². The minimum Gasteiger partial charge on any atom is -0.493 e. The molecule has 8 heteroatoms. The largest absolute Gasteiger partial charge is 0.493 e. The van der Waals surface area contributed by atoms with Gasteiger partial charge >= 0.3 is 5.97 Å². The first-order chi connectivity index (χ1) is 13.9. The van der Waals surface area contributed by atoms with Gasteiger partial charge in [0.2, 0.25) is 4.96 Å². The smallest absolute Gasteiger partial charge is 0.308 e. The number of hydrogen-bond donors (Lipinski definition) is 0. The number of esters is 1. The molecule has 2 aromatic heterocycles. The van der Waals surface area contributed by atoms with Gasteiger partial charge in [-0.05, 0) is 36.8 Å². The summed E-state index contributed by atoms with van der Waals surface area (Å²) in [7, 11) is 1.49. The van der Waals surface area contributed by atoms with Gasteiger partial charge in [0.15, 0.2) is 17.3 Å². The molecular formula is C21H17N3O4S. The molecule has 0 N–H and O–H groups in total. The highest BCUT2D eigenvalue weighted by atomic mass is 32.1. The normalized spacial score (nSPS) is 11.8. The Morgan fingerprint density at radius 3 is 2.69 bits per heavy atom. The minimum atomic E-state index is -0.433. The Kier molecular flexibility index (Phi) is 4.85. The van der Waals surface area contributed by atoms with E-state index in [1.165, 1.54) is 29.9 Å². The van der Waals surface area contributed by atoms with Crippen LogP contribution < -0.4 is 19.6 Å². The number of thiazole rings is 1. The van der Waals surface area contributed by atoms with Crippen molar-refractivity contribution in [3.63, 3.8) is 0 Å². The maximum Gasteiger partial charge on any atom is 0.308 e. The van der Waals surface area contributed by atoms with Crippen LogP contribution in [0.5, 0.6) is 11.5 Å². The van der Waals surface area contributed by atoms with E-state index in [1.54, 1.807) is 24.3 Å². The SMILES string of the molecule is COc1cc(C=c2sc3nc(-c4cccc(C)c4)nn3c2=O)ccc1OC(C)=O. The molecule has 0 aliphatic carbocycles. The molecule has 7 nitrogen and oxygen atoms in total. The molecule has 0 aliphatic rings. The van der Waals surface area contributed by atoms with Gasteiger partial charge in [-0.2, -0.15) is 9.50 Å². The highest BCUT2D eigenvalue weighted by Gasteiger charge is 2.13. The third kappa shape index (κ3) is 3.74. The summed E-state index contributed by atoms with van der Waals surface area (Å²) in [5, 5.41) is 4.37. The van der Waals surface area contributed by atoms with E-state index in [9.17, 15) is 9.59 Å². The van der Waals surface area contributed by atoms with Crippen molar-refractivity contribution in [2.45, 2.75) is 13.8 Å². The molecule has 0 unspecified atom stereocenters. The zero-order valence-electron chi connectivity index (χ0n) is 16.0. The van der Waals surface area contributed by atoms with E-state index in [4.69, 9.17) is 9.47 Å². The van der Waals surface area contributed by atoms with Gasteiger partial charge in [0.1, 0.15) is 0 Å². The third-order valence-corrected chi connectivity index (χ3v) is 5.16. The molecular weight excluding hydrogens is 390 g/mol. The minimum absolute atomic E-state index is 0.237. The van der Waals surface area contributed by atoms with Gasteiger partial charge in [-0.1, -0.05) is 41.2 Å². The van der Waals surface area contributed by atoms with E-state index < -0.39 is 5.97 Å². The quantitative estimate of drug-likeness (QED) is 0.382. The second-order valence-electron chi connectivity index (χ2n) is 6.42. The predicted molar refractivity (Wildman–Crippen MR) is 110 cm³/mol. The van der Waals surface area contributed by atoms with Gasteiger partial charge in [-0.3, -0.25) is 9.59 Å². The van der Waals surface area contributed by atoms with Gasteiger partial charge < -0.3 is 9.47 Å². The van der Waals surface area contributed by atoms with E-state index in [2.05, 4.69) is 10.1 Å². The summed E-state index contributed by atoms with van der Waals surface area (Å²) in [5.74, 6) is 0.820. The molecule has 0 radical (unpaired) electrons. The molecule has 4 rings (SSSR count). The van der Waals surface area contributed by atoms with Crippen LogP contribution in [-0.2, 0) is 4.79 Å². The molecule has 0 atom stereocenters. The maximum atomic E-state index is 12.8. The first-order valence-electron chi connectivity index (χ1n) is 8.79. The Morgan fingerprint density at radius 1 is 1.17 bits per heavy atom. The Balaban J connectivity index is 1.74. The standard InChI is InChI=1S/C21H17N3O4S/c1-12-5-4-6-15(9-12)19-22-21-24(23-19)20(26)18(29-21)11-14-7-8-16(28-13(2)25)17(10-14)27-3/h4-11H,1-3H3. The first kappa shape index (κ1) is 18.8. The number of carbonyl (C=O) groups is 1. The highest BCUT2D eigenvalue weighted by Crippen LogP contribution is 2.28.